The van der Waals surface area contributed by atoms with Crippen LogP contribution in [-0.4, -0.2) is 37.4 Å². The van der Waals surface area contributed by atoms with Crippen LogP contribution in [0, 0.1) is 0 Å². The Hall–Kier alpha value is -3.13. The normalized spacial score (nSPS) is 18.1. The number of amides is 2. The molecule has 1 atom stereocenters. The van der Waals surface area contributed by atoms with Crippen molar-refractivity contribution in [3.8, 4) is 5.69 Å². The number of anilines is 2. The summed E-state index contributed by atoms with van der Waals surface area (Å²) < 4.78 is 1.89. The van der Waals surface area contributed by atoms with Crippen LogP contribution in [0.15, 0.2) is 59.8 Å². The summed E-state index contributed by atoms with van der Waals surface area (Å²) in [4.78, 5) is 32.7. The monoisotopic (exact) mass is 447 g/mol. The van der Waals surface area contributed by atoms with E-state index in [9.17, 15) is 9.59 Å². The molecule has 0 unspecified atom stereocenters. The predicted octanol–water partition coefficient (Wildman–Crippen LogP) is 4.39. The van der Waals surface area contributed by atoms with E-state index < -0.39 is 10.8 Å². The summed E-state index contributed by atoms with van der Waals surface area (Å²) in [5.41, 5.74) is 1.31. The number of fused-ring (bicyclic) bond motifs is 1. The fraction of sp³-hybridized carbons (Fsp3) is 0.333. The molecule has 2 aromatic carbocycles. The van der Waals surface area contributed by atoms with Crippen molar-refractivity contribution in [3.05, 3.63) is 60.4 Å². The Morgan fingerprint density at radius 3 is 2.53 bits per heavy atom. The molecular weight excluding hydrogens is 422 g/mol. The van der Waals surface area contributed by atoms with Gasteiger partial charge in [-0.15, -0.1) is 5.10 Å². The molecule has 1 aliphatic carbocycles. The molecule has 1 fully saturated rings. The Morgan fingerprint density at radius 1 is 1.12 bits per heavy atom. The number of nitrogens with zero attached hydrogens (tertiary/aromatic N) is 4. The van der Waals surface area contributed by atoms with Crippen LogP contribution in [0.1, 0.15) is 45.4 Å². The molecule has 2 heterocycles. The summed E-state index contributed by atoms with van der Waals surface area (Å²) >= 11 is 1.33. The van der Waals surface area contributed by atoms with E-state index in [1.165, 1.54) is 11.8 Å². The SMILES string of the molecule is C[C@H](Sc1nc(C2CC2)n(-c2ccccc2)n1)C(=O)N1c2ccccc2NC(=O)C1(C)C. The maximum Gasteiger partial charge on any atom is 0.250 e. The zero-order valence-electron chi connectivity index (χ0n) is 18.3. The number of para-hydroxylation sites is 3. The van der Waals surface area contributed by atoms with Crippen molar-refractivity contribution in [2.24, 2.45) is 0 Å². The van der Waals surface area contributed by atoms with E-state index in [0.29, 0.717) is 22.4 Å². The summed E-state index contributed by atoms with van der Waals surface area (Å²) in [6, 6.07) is 17.3. The van der Waals surface area contributed by atoms with E-state index in [-0.39, 0.29) is 11.8 Å². The molecule has 0 saturated heterocycles. The highest BCUT2D eigenvalue weighted by molar-refractivity contribution is 8.00. The van der Waals surface area contributed by atoms with E-state index in [4.69, 9.17) is 10.1 Å². The number of aromatic nitrogens is 3. The highest BCUT2D eigenvalue weighted by atomic mass is 32.2. The molecule has 1 N–H and O–H groups in total. The Labute approximate surface area is 191 Å². The van der Waals surface area contributed by atoms with Gasteiger partial charge in [-0.3, -0.25) is 14.5 Å². The second kappa shape index (κ2) is 7.78. The number of nitrogens with one attached hydrogen (secondary N) is 1. The van der Waals surface area contributed by atoms with Crippen LogP contribution in [0.2, 0.25) is 0 Å². The van der Waals surface area contributed by atoms with Crippen LogP contribution in [0.25, 0.3) is 5.69 Å². The zero-order chi connectivity index (χ0) is 22.5. The molecule has 0 spiro atoms. The highest BCUT2D eigenvalue weighted by Crippen LogP contribution is 2.41. The summed E-state index contributed by atoms with van der Waals surface area (Å²) in [7, 11) is 0. The second-order valence-corrected chi connectivity index (χ2v) is 10.0. The zero-order valence-corrected chi connectivity index (χ0v) is 19.1. The Balaban J connectivity index is 1.44. The molecule has 0 radical (unpaired) electrons. The Morgan fingerprint density at radius 2 is 1.81 bits per heavy atom. The van der Waals surface area contributed by atoms with Gasteiger partial charge in [-0.1, -0.05) is 42.1 Å². The number of benzene rings is 2. The van der Waals surface area contributed by atoms with Gasteiger partial charge >= 0.3 is 0 Å². The van der Waals surface area contributed by atoms with Gasteiger partial charge in [0.05, 0.1) is 22.3 Å². The first-order chi connectivity index (χ1) is 15.4. The molecule has 5 rings (SSSR count). The Kier molecular flexibility index (Phi) is 5.04. The second-order valence-electron chi connectivity index (χ2n) is 8.74. The maximum atomic E-state index is 13.6. The summed E-state index contributed by atoms with van der Waals surface area (Å²) in [5.74, 6) is 1.01. The van der Waals surface area contributed by atoms with E-state index >= 15 is 0 Å². The molecule has 7 nitrogen and oxygen atoms in total. The van der Waals surface area contributed by atoms with Gasteiger partial charge in [0, 0.05) is 5.92 Å². The third kappa shape index (κ3) is 3.58. The first-order valence-electron chi connectivity index (χ1n) is 10.8. The van der Waals surface area contributed by atoms with Gasteiger partial charge in [-0.05, 0) is 57.9 Å². The third-order valence-electron chi connectivity index (χ3n) is 5.91. The minimum Gasteiger partial charge on any atom is -0.322 e. The largest absolute Gasteiger partial charge is 0.322 e. The molecule has 1 aliphatic heterocycles. The average Bonchev–Trinajstić information content (AvgIpc) is 3.55. The number of carbonyl (C=O) groups excluding carboxylic acids is 2. The molecule has 164 valence electrons. The van der Waals surface area contributed by atoms with E-state index in [1.54, 1.807) is 18.7 Å². The van der Waals surface area contributed by atoms with Crippen molar-refractivity contribution < 1.29 is 9.59 Å². The summed E-state index contributed by atoms with van der Waals surface area (Å²) in [5, 5.41) is 7.74. The minimum absolute atomic E-state index is 0.147. The maximum absolute atomic E-state index is 13.6. The number of rotatable bonds is 5. The first-order valence-corrected chi connectivity index (χ1v) is 11.7. The molecule has 2 aliphatic rings. The van der Waals surface area contributed by atoms with Crippen molar-refractivity contribution in [1.82, 2.24) is 14.8 Å². The topological polar surface area (TPSA) is 80.1 Å². The molecule has 32 heavy (non-hydrogen) atoms. The summed E-state index contributed by atoms with van der Waals surface area (Å²) in [6.45, 7) is 5.38. The number of thioether (sulfide) groups is 1. The average molecular weight is 448 g/mol. The van der Waals surface area contributed by atoms with Crippen LogP contribution in [0.3, 0.4) is 0 Å². The molecule has 1 saturated carbocycles. The van der Waals surface area contributed by atoms with Gasteiger partial charge in [-0.2, -0.15) is 0 Å². The lowest BCUT2D eigenvalue weighted by molar-refractivity contribution is -0.126. The van der Waals surface area contributed by atoms with Crippen LogP contribution >= 0.6 is 11.8 Å². The summed E-state index contributed by atoms with van der Waals surface area (Å²) in [6.07, 6.45) is 2.22. The van der Waals surface area contributed by atoms with E-state index in [1.807, 2.05) is 66.2 Å². The third-order valence-corrected chi connectivity index (χ3v) is 6.85. The lowest BCUT2D eigenvalue weighted by Gasteiger charge is -2.42. The number of carbonyl (C=O) groups is 2. The van der Waals surface area contributed by atoms with E-state index in [0.717, 1.165) is 24.4 Å². The van der Waals surface area contributed by atoms with Crippen molar-refractivity contribution in [2.45, 2.75) is 55.5 Å². The van der Waals surface area contributed by atoms with Gasteiger partial charge in [0.1, 0.15) is 11.4 Å². The molecular formula is C24H25N5O2S. The van der Waals surface area contributed by atoms with Crippen LogP contribution in [-0.2, 0) is 9.59 Å². The van der Waals surface area contributed by atoms with Crippen molar-refractivity contribution >= 4 is 35.0 Å². The van der Waals surface area contributed by atoms with Gasteiger partial charge < -0.3 is 5.32 Å². The van der Waals surface area contributed by atoms with Crippen LogP contribution < -0.4 is 10.2 Å². The fourth-order valence-electron chi connectivity index (χ4n) is 3.96. The molecule has 8 heteroatoms. The van der Waals surface area contributed by atoms with Crippen molar-refractivity contribution in [3.63, 3.8) is 0 Å². The molecule has 3 aromatic rings. The lowest BCUT2D eigenvalue weighted by atomic mass is 9.96. The van der Waals surface area contributed by atoms with Gasteiger partial charge in [0.2, 0.25) is 17.0 Å². The fourth-order valence-corrected chi connectivity index (χ4v) is 4.75. The van der Waals surface area contributed by atoms with Gasteiger partial charge in [-0.25, -0.2) is 9.67 Å². The smallest absolute Gasteiger partial charge is 0.250 e. The number of hydrogen-bond donors (Lipinski definition) is 1. The van der Waals surface area contributed by atoms with E-state index in [2.05, 4.69) is 5.32 Å². The quantitative estimate of drug-likeness (QED) is 0.587. The Bertz CT molecular complexity index is 1190. The lowest BCUT2D eigenvalue weighted by Crippen LogP contribution is -2.60. The highest BCUT2D eigenvalue weighted by Gasteiger charge is 2.45. The van der Waals surface area contributed by atoms with Crippen molar-refractivity contribution in [1.29, 1.82) is 0 Å². The van der Waals surface area contributed by atoms with Gasteiger partial charge in [0.15, 0.2) is 0 Å². The van der Waals surface area contributed by atoms with Crippen LogP contribution in [0.5, 0.6) is 0 Å². The van der Waals surface area contributed by atoms with Crippen LogP contribution in [0.4, 0.5) is 11.4 Å². The minimum atomic E-state index is -1.00. The number of hydrogen-bond acceptors (Lipinski definition) is 5. The first kappa shape index (κ1) is 20.8. The molecule has 1 aromatic heterocycles. The van der Waals surface area contributed by atoms with Crippen molar-refractivity contribution in [2.75, 3.05) is 10.2 Å². The standard InChI is InChI=1S/C24H25N5O2S/c1-15(21(30)28-19-12-8-7-11-18(19)25-22(31)24(28,2)3)32-23-26-20(16-13-14-16)29(27-23)17-9-5-4-6-10-17/h4-12,15-16H,13-14H2,1-3H3,(H,25,31)/t15-/m0/s1. The molecule has 2 amide bonds. The predicted molar refractivity (Wildman–Crippen MR) is 125 cm³/mol. The molecule has 0 bridgehead atoms. The van der Waals surface area contributed by atoms with Gasteiger partial charge in [0.25, 0.3) is 0 Å².